The largest absolute Gasteiger partial charge is 0.382 e. The van der Waals surface area contributed by atoms with E-state index in [9.17, 15) is 0 Å². The van der Waals surface area contributed by atoms with Gasteiger partial charge >= 0.3 is 0 Å². The zero-order chi connectivity index (χ0) is 10.1. The van der Waals surface area contributed by atoms with Gasteiger partial charge in [-0.3, -0.25) is 0 Å². The molecule has 0 radical (unpaired) electrons. The maximum atomic E-state index is 5.53. The number of benzene rings is 1. The van der Waals surface area contributed by atoms with Crippen LogP contribution in [0.1, 0.15) is 31.2 Å². The average molecular weight is 201 g/mol. The number of fused-ring (bicyclic) bond motifs is 1. The lowest BCUT2D eigenvalue weighted by molar-refractivity contribution is 0.209. The van der Waals surface area contributed by atoms with Gasteiger partial charge in [0, 0.05) is 11.5 Å². The van der Waals surface area contributed by atoms with Gasteiger partial charge in [0.2, 0.25) is 0 Å². The second-order valence-electron chi connectivity index (χ2n) is 4.32. The van der Waals surface area contributed by atoms with Gasteiger partial charge in [0.15, 0.2) is 5.75 Å². The van der Waals surface area contributed by atoms with E-state index in [1.54, 1.807) is 0 Å². The van der Waals surface area contributed by atoms with Gasteiger partial charge in [-0.05, 0) is 25.0 Å². The Morgan fingerprint density at radius 3 is 2.80 bits per heavy atom. The average Bonchev–Trinajstić information content (AvgIpc) is 2.82. The van der Waals surface area contributed by atoms with E-state index in [1.165, 1.54) is 36.9 Å². The number of para-hydroxylation sites is 1. The van der Waals surface area contributed by atoms with Crippen molar-refractivity contribution < 1.29 is 4.84 Å². The molecule has 1 fully saturated rings. The Kier molecular flexibility index (Phi) is 2.13. The van der Waals surface area contributed by atoms with Crippen LogP contribution >= 0.6 is 0 Å². The molecule has 2 nitrogen and oxygen atoms in total. The molecule has 1 aromatic carbocycles. The topological polar surface area (TPSA) is 21.3 Å². The van der Waals surface area contributed by atoms with E-state index >= 15 is 0 Å². The van der Waals surface area contributed by atoms with Crippen molar-refractivity contribution in [1.82, 2.24) is 5.48 Å². The molecule has 0 saturated heterocycles. The number of nitrogens with one attached hydrogen (secondary N) is 1. The lowest BCUT2D eigenvalue weighted by atomic mass is 10.0. The van der Waals surface area contributed by atoms with Gasteiger partial charge in [-0.15, -0.1) is 0 Å². The smallest absolute Gasteiger partial charge is 0.162 e. The lowest BCUT2D eigenvalue weighted by Crippen LogP contribution is -2.25. The molecule has 0 aromatic heterocycles. The molecule has 0 bridgehead atoms. The Hall–Kier alpha value is -1.44. The molecule has 1 aliphatic carbocycles. The van der Waals surface area contributed by atoms with Gasteiger partial charge in [-0.2, -0.15) is 0 Å². The fourth-order valence-electron chi connectivity index (χ4n) is 2.44. The molecule has 15 heavy (non-hydrogen) atoms. The van der Waals surface area contributed by atoms with E-state index in [4.69, 9.17) is 4.84 Å². The predicted octanol–water partition coefficient (Wildman–Crippen LogP) is 3.11. The zero-order valence-electron chi connectivity index (χ0n) is 8.70. The van der Waals surface area contributed by atoms with Crippen LogP contribution in [0.25, 0.3) is 6.08 Å². The lowest BCUT2D eigenvalue weighted by Gasteiger charge is -2.22. The number of hydrogen-bond acceptors (Lipinski definition) is 2. The second kappa shape index (κ2) is 3.61. The summed E-state index contributed by atoms with van der Waals surface area (Å²) in [5.74, 6) is 1.61. The van der Waals surface area contributed by atoms with Crippen LogP contribution in [-0.2, 0) is 0 Å². The Morgan fingerprint density at radius 2 is 1.93 bits per heavy atom. The molecule has 0 unspecified atom stereocenters. The summed E-state index contributed by atoms with van der Waals surface area (Å²) in [6, 6.07) is 8.14. The highest BCUT2D eigenvalue weighted by Crippen LogP contribution is 2.34. The molecule has 78 valence electrons. The molecule has 2 heteroatoms. The molecule has 1 N–H and O–H groups in total. The third-order valence-corrected chi connectivity index (χ3v) is 3.30. The van der Waals surface area contributed by atoms with E-state index in [0.717, 1.165) is 5.75 Å². The second-order valence-corrected chi connectivity index (χ2v) is 4.32. The third kappa shape index (κ3) is 1.60. The van der Waals surface area contributed by atoms with Gasteiger partial charge in [-0.1, -0.05) is 31.0 Å². The molecule has 1 aliphatic heterocycles. The Balaban J connectivity index is 1.91. The van der Waals surface area contributed by atoms with Gasteiger partial charge in [0.05, 0.1) is 5.70 Å². The van der Waals surface area contributed by atoms with Crippen LogP contribution in [-0.4, -0.2) is 0 Å². The molecule has 1 saturated carbocycles. The van der Waals surface area contributed by atoms with Crippen LogP contribution in [0.4, 0.5) is 0 Å². The molecular formula is C13H15NO. The van der Waals surface area contributed by atoms with Crippen molar-refractivity contribution in [3.63, 3.8) is 0 Å². The fraction of sp³-hybridized carbons (Fsp3) is 0.385. The third-order valence-electron chi connectivity index (χ3n) is 3.30. The summed E-state index contributed by atoms with van der Waals surface area (Å²) >= 11 is 0. The summed E-state index contributed by atoms with van der Waals surface area (Å²) in [5.41, 5.74) is 5.53. The minimum absolute atomic E-state index is 0.679. The molecule has 0 atom stereocenters. The maximum Gasteiger partial charge on any atom is 0.162 e. The molecule has 1 heterocycles. The van der Waals surface area contributed by atoms with Crippen LogP contribution in [0.3, 0.4) is 0 Å². The quantitative estimate of drug-likeness (QED) is 0.753. The van der Waals surface area contributed by atoms with Crippen molar-refractivity contribution >= 4 is 6.08 Å². The van der Waals surface area contributed by atoms with Crippen LogP contribution in [0, 0.1) is 5.92 Å². The highest BCUT2D eigenvalue weighted by molar-refractivity contribution is 5.61. The SMILES string of the molecule is C1=C(C2CCCC2)NOc2ccccc21. The van der Waals surface area contributed by atoms with E-state index in [1.807, 2.05) is 12.1 Å². The van der Waals surface area contributed by atoms with Crippen molar-refractivity contribution in [2.45, 2.75) is 25.7 Å². The van der Waals surface area contributed by atoms with Crippen LogP contribution in [0.15, 0.2) is 30.0 Å². The monoisotopic (exact) mass is 201 g/mol. The van der Waals surface area contributed by atoms with Gasteiger partial charge in [0.25, 0.3) is 0 Å². The predicted molar refractivity (Wildman–Crippen MR) is 60.1 cm³/mol. The molecule has 2 aliphatic rings. The summed E-state index contributed by atoms with van der Waals surface area (Å²) in [6.45, 7) is 0. The molecule has 1 aromatic rings. The number of rotatable bonds is 1. The summed E-state index contributed by atoms with van der Waals surface area (Å²) in [7, 11) is 0. The summed E-state index contributed by atoms with van der Waals surface area (Å²) in [5, 5.41) is 0. The van der Waals surface area contributed by atoms with E-state index in [0.29, 0.717) is 5.92 Å². The van der Waals surface area contributed by atoms with E-state index < -0.39 is 0 Å². The normalized spacial score (nSPS) is 20.1. The highest BCUT2D eigenvalue weighted by Gasteiger charge is 2.22. The van der Waals surface area contributed by atoms with Crippen LogP contribution < -0.4 is 10.3 Å². The van der Waals surface area contributed by atoms with Gasteiger partial charge < -0.3 is 4.84 Å². The number of hydrogen-bond donors (Lipinski definition) is 1. The first-order chi connectivity index (χ1) is 7.43. The van der Waals surface area contributed by atoms with Crippen LogP contribution in [0.5, 0.6) is 5.75 Å². The first kappa shape index (κ1) is 8.84. The zero-order valence-corrected chi connectivity index (χ0v) is 8.70. The van der Waals surface area contributed by atoms with E-state index in [2.05, 4.69) is 23.7 Å². The van der Waals surface area contributed by atoms with Crippen LogP contribution in [0.2, 0.25) is 0 Å². The molecule has 0 spiro atoms. The summed E-state index contributed by atoms with van der Waals surface area (Å²) in [4.78, 5) is 5.53. The van der Waals surface area contributed by atoms with Gasteiger partial charge in [0.1, 0.15) is 0 Å². The fourth-order valence-corrected chi connectivity index (χ4v) is 2.44. The minimum atomic E-state index is 0.679. The molecular weight excluding hydrogens is 186 g/mol. The highest BCUT2D eigenvalue weighted by atomic mass is 16.6. The Bertz CT molecular complexity index is 391. The van der Waals surface area contributed by atoms with Crippen molar-refractivity contribution in [3.8, 4) is 5.75 Å². The summed E-state index contributed by atoms with van der Waals surface area (Å²) in [6.07, 6.45) is 7.53. The standard InChI is InChI=1S/C13H15NO/c1-2-6-10(5-1)12-9-11-7-3-4-8-13(11)15-14-12/h3-4,7-10,14H,1-2,5-6H2. The first-order valence-corrected chi connectivity index (χ1v) is 5.67. The number of hydroxylamine groups is 1. The van der Waals surface area contributed by atoms with E-state index in [-0.39, 0.29) is 0 Å². The first-order valence-electron chi connectivity index (χ1n) is 5.67. The minimum Gasteiger partial charge on any atom is -0.382 e. The summed E-state index contributed by atoms with van der Waals surface area (Å²) < 4.78 is 0. The van der Waals surface area contributed by atoms with Crippen molar-refractivity contribution in [2.24, 2.45) is 5.92 Å². The van der Waals surface area contributed by atoms with Crippen molar-refractivity contribution in [1.29, 1.82) is 0 Å². The molecule has 0 amide bonds. The van der Waals surface area contributed by atoms with Gasteiger partial charge in [-0.25, -0.2) is 5.48 Å². The maximum absolute atomic E-state index is 5.53. The Morgan fingerprint density at radius 1 is 1.13 bits per heavy atom. The van der Waals surface area contributed by atoms with Crippen molar-refractivity contribution in [2.75, 3.05) is 0 Å². The Labute approximate surface area is 89.9 Å². The molecule has 3 rings (SSSR count). The number of allylic oxidation sites excluding steroid dienone is 1. The van der Waals surface area contributed by atoms with Crippen molar-refractivity contribution in [3.05, 3.63) is 35.5 Å².